The quantitative estimate of drug-likeness (QED) is 0.796. The highest BCUT2D eigenvalue weighted by Crippen LogP contribution is 2.29. The van der Waals surface area contributed by atoms with Gasteiger partial charge in [0.25, 0.3) is 0 Å². The molecule has 0 spiro atoms. The summed E-state index contributed by atoms with van der Waals surface area (Å²) in [7, 11) is 0. The highest BCUT2D eigenvalue weighted by atomic mass is 35.5. The van der Waals surface area contributed by atoms with E-state index in [4.69, 9.17) is 21.6 Å². The van der Waals surface area contributed by atoms with Crippen molar-refractivity contribution in [3.05, 3.63) is 58.1 Å². The Bertz CT molecular complexity index is 689. The first-order chi connectivity index (χ1) is 9.62. The predicted molar refractivity (Wildman–Crippen MR) is 77.2 cm³/mol. The fourth-order valence-corrected chi connectivity index (χ4v) is 2.02. The third-order valence-corrected chi connectivity index (χ3v) is 3.02. The summed E-state index contributed by atoms with van der Waals surface area (Å²) in [6.07, 6.45) is 1.19. The topological polar surface area (TPSA) is 50.1 Å². The molecule has 0 aliphatic heterocycles. The molecule has 0 saturated carbocycles. The molecule has 0 fully saturated rings. The van der Waals surface area contributed by atoms with Crippen LogP contribution in [-0.4, -0.2) is 6.29 Å². The lowest BCUT2D eigenvalue weighted by molar-refractivity contribution is -0.107. The summed E-state index contributed by atoms with van der Waals surface area (Å²) in [6, 6.07) is 12.5. The third kappa shape index (κ3) is 3.37. The fourth-order valence-electron chi connectivity index (χ4n) is 1.79. The molecular weight excluding hydrogens is 274 g/mol. The number of carbonyl (C=O) groups excluding carboxylic acids is 1. The van der Waals surface area contributed by atoms with Gasteiger partial charge in [0.1, 0.15) is 17.8 Å². The molecule has 3 nitrogen and oxygen atoms in total. The first kappa shape index (κ1) is 14.1. The predicted octanol–water partition coefficient (Wildman–Crippen LogP) is 4.05. The van der Waals surface area contributed by atoms with Gasteiger partial charge in [0.15, 0.2) is 0 Å². The van der Waals surface area contributed by atoms with Crippen molar-refractivity contribution in [3.63, 3.8) is 0 Å². The molecule has 0 saturated heterocycles. The molecule has 2 aromatic carbocycles. The van der Waals surface area contributed by atoms with Crippen molar-refractivity contribution in [2.24, 2.45) is 0 Å². The standard InChI is InChI=1S/C16H12ClNO2/c1-11-2-3-12(4-5-19)8-16(11)20-15-7-13(10-18)6-14(17)9-15/h2-3,5-9H,4H2,1H3. The molecule has 0 atom stereocenters. The molecular formula is C16H12ClNO2. The molecule has 0 heterocycles. The van der Waals surface area contributed by atoms with E-state index in [-0.39, 0.29) is 0 Å². The molecule has 0 aliphatic rings. The maximum Gasteiger partial charge on any atom is 0.130 e. The summed E-state index contributed by atoms with van der Waals surface area (Å²) in [5.74, 6) is 1.15. The van der Waals surface area contributed by atoms with Gasteiger partial charge in [-0.1, -0.05) is 23.7 Å². The molecule has 0 unspecified atom stereocenters. The largest absolute Gasteiger partial charge is 0.457 e. The van der Waals surface area contributed by atoms with Gasteiger partial charge in [-0.2, -0.15) is 5.26 Å². The average Bonchev–Trinajstić information content (AvgIpc) is 2.42. The van der Waals surface area contributed by atoms with Crippen LogP contribution in [0.15, 0.2) is 36.4 Å². The number of halogens is 1. The van der Waals surface area contributed by atoms with E-state index in [1.54, 1.807) is 18.2 Å². The molecule has 0 radical (unpaired) electrons. The number of nitrogens with zero attached hydrogens (tertiary/aromatic N) is 1. The zero-order chi connectivity index (χ0) is 14.5. The summed E-state index contributed by atoms with van der Waals surface area (Å²) >= 11 is 5.94. The number of carbonyl (C=O) groups is 1. The summed E-state index contributed by atoms with van der Waals surface area (Å²) < 4.78 is 5.77. The Morgan fingerprint density at radius 2 is 2.10 bits per heavy atom. The number of nitriles is 1. The SMILES string of the molecule is Cc1ccc(CC=O)cc1Oc1cc(Cl)cc(C#N)c1. The van der Waals surface area contributed by atoms with Crippen LogP contribution in [0.3, 0.4) is 0 Å². The van der Waals surface area contributed by atoms with E-state index in [1.165, 1.54) is 0 Å². The lowest BCUT2D eigenvalue weighted by Crippen LogP contribution is -1.92. The van der Waals surface area contributed by atoms with Crippen LogP contribution in [-0.2, 0) is 11.2 Å². The van der Waals surface area contributed by atoms with Crippen LogP contribution in [0.2, 0.25) is 5.02 Å². The number of hydrogen-bond acceptors (Lipinski definition) is 3. The maximum atomic E-state index is 10.6. The number of hydrogen-bond donors (Lipinski definition) is 0. The highest BCUT2D eigenvalue weighted by molar-refractivity contribution is 6.30. The summed E-state index contributed by atoms with van der Waals surface area (Å²) in [4.78, 5) is 10.6. The molecule has 0 aliphatic carbocycles. The highest BCUT2D eigenvalue weighted by Gasteiger charge is 2.06. The van der Waals surface area contributed by atoms with E-state index < -0.39 is 0 Å². The van der Waals surface area contributed by atoms with Gasteiger partial charge in [0.05, 0.1) is 11.6 Å². The lowest BCUT2D eigenvalue weighted by atomic mass is 10.1. The Morgan fingerprint density at radius 1 is 1.30 bits per heavy atom. The molecule has 0 N–H and O–H groups in total. The van der Waals surface area contributed by atoms with Gasteiger partial charge in [-0.05, 0) is 42.3 Å². The van der Waals surface area contributed by atoms with Crippen molar-refractivity contribution < 1.29 is 9.53 Å². The van der Waals surface area contributed by atoms with Gasteiger partial charge in [0.2, 0.25) is 0 Å². The van der Waals surface area contributed by atoms with Gasteiger partial charge < -0.3 is 9.53 Å². The normalized spacial score (nSPS) is 9.85. The Hall–Kier alpha value is -2.31. The molecule has 4 heteroatoms. The fraction of sp³-hybridized carbons (Fsp3) is 0.125. The maximum absolute atomic E-state index is 10.6. The van der Waals surface area contributed by atoms with E-state index in [0.29, 0.717) is 28.5 Å². The van der Waals surface area contributed by atoms with Crippen LogP contribution in [0, 0.1) is 18.3 Å². The number of ether oxygens (including phenoxy) is 1. The second-order valence-electron chi connectivity index (χ2n) is 4.36. The number of aldehydes is 1. The first-order valence-electron chi connectivity index (χ1n) is 6.04. The Kier molecular flexibility index (Phi) is 4.39. The van der Waals surface area contributed by atoms with Crippen molar-refractivity contribution in [2.75, 3.05) is 0 Å². The molecule has 0 aromatic heterocycles. The third-order valence-electron chi connectivity index (χ3n) is 2.80. The second kappa shape index (κ2) is 6.23. The van der Waals surface area contributed by atoms with Crippen molar-refractivity contribution in [1.29, 1.82) is 5.26 Å². The van der Waals surface area contributed by atoms with Crippen LogP contribution in [0.25, 0.3) is 0 Å². The summed E-state index contributed by atoms with van der Waals surface area (Å²) in [6.45, 7) is 1.91. The molecule has 0 bridgehead atoms. The minimum absolute atomic E-state index is 0.343. The minimum atomic E-state index is 0.343. The smallest absolute Gasteiger partial charge is 0.130 e. The minimum Gasteiger partial charge on any atom is -0.457 e. The van der Waals surface area contributed by atoms with Crippen LogP contribution in [0.4, 0.5) is 0 Å². The van der Waals surface area contributed by atoms with Crippen LogP contribution in [0.5, 0.6) is 11.5 Å². The van der Waals surface area contributed by atoms with Gasteiger partial charge in [-0.25, -0.2) is 0 Å². The van der Waals surface area contributed by atoms with Gasteiger partial charge in [-0.15, -0.1) is 0 Å². The average molecular weight is 286 g/mol. The van der Waals surface area contributed by atoms with E-state index in [9.17, 15) is 4.79 Å². The molecule has 2 rings (SSSR count). The van der Waals surface area contributed by atoms with Gasteiger partial charge >= 0.3 is 0 Å². The summed E-state index contributed by atoms with van der Waals surface area (Å²) in [5, 5.41) is 9.36. The van der Waals surface area contributed by atoms with Gasteiger partial charge in [0, 0.05) is 11.4 Å². The molecule has 2 aromatic rings. The monoisotopic (exact) mass is 285 g/mol. The van der Waals surface area contributed by atoms with E-state index >= 15 is 0 Å². The van der Waals surface area contributed by atoms with Gasteiger partial charge in [-0.3, -0.25) is 0 Å². The summed E-state index contributed by atoms with van der Waals surface area (Å²) in [5.41, 5.74) is 2.26. The number of benzene rings is 2. The van der Waals surface area contributed by atoms with Crippen molar-refractivity contribution in [2.45, 2.75) is 13.3 Å². The van der Waals surface area contributed by atoms with E-state index in [2.05, 4.69) is 0 Å². The van der Waals surface area contributed by atoms with E-state index in [0.717, 1.165) is 17.4 Å². The zero-order valence-electron chi connectivity index (χ0n) is 10.9. The van der Waals surface area contributed by atoms with Crippen molar-refractivity contribution in [1.82, 2.24) is 0 Å². The second-order valence-corrected chi connectivity index (χ2v) is 4.80. The van der Waals surface area contributed by atoms with E-state index in [1.807, 2.05) is 31.2 Å². The Morgan fingerprint density at radius 3 is 2.80 bits per heavy atom. The van der Waals surface area contributed by atoms with Crippen molar-refractivity contribution >= 4 is 17.9 Å². The van der Waals surface area contributed by atoms with Crippen LogP contribution >= 0.6 is 11.6 Å². The zero-order valence-corrected chi connectivity index (χ0v) is 11.6. The number of rotatable bonds is 4. The number of aryl methyl sites for hydroxylation is 1. The Labute approximate surface area is 122 Å². The molecule has 100 valence electrons. The Balaban J connectivity index is 2.34. The first-order valence-corrected chi connectivity index (χ1v) is 6.42. The molecule has 0 amide bonds. The molecule has 20 heavy (non-hydrogen) atoms. The van der Waals surface area contributed by atoms with Crippen LogP contribution in [0.1, 0.15) is 16.7 Å². The lowest BCUT2D eigenvalue weighted by Gasteiger charge is -2.10. The van der Waals surface area contributed by atoms with Crippen molar-refractivity contribution in [3.8, 4) is 17.6 Å². The van der Waals surface area contributed by atoms with Crippen LogP contribution < -0.4 is 4.74 Å².